The fourth-order valence-electron chi connectivity index (χ4n) is 0.797. The van der Waals surface area contributed by atoms with Crippen molar-refractivity contribution >= 4 is 15.2 Å². The zero-order valence-electron chi connectivity index (χ0n) is 9.54. The maximum absolute atomic E-state index is 11.9. The highest BCUT2D eigenvalue weighted by molar-refractivity contribution is 7.71. The lowest BCUT2D eigenvalue weighted by atomic mass is 10.5. The summed E-state index contributed by atoms with van der Waals surface area (Å²) >= 11 is 0. The predicted octanol–water partition coefficient (Wildman–Crippen LogP) is 2.31. The Morgan fingerprint density at radius 3 is 1.94 bits per heavy atom. The van der Waals surface area contributed by atoms with Crippen LogP contribution in [0.4, 0.5) is 0 Å². The average molecular weight is 270 g/mol. The lowest BCUT2D eigenvalue weighted by molar-refractivity contribution is 0.234. The minimum atomic E-state index is -3.49. The molecule has 0 spiro atoms. The van der Waals surface area contributed by atoms with Crippen molar-refractivity contribution in [2.45, 2.75) is 6.42 Å². The van der Waals surface area contributed by atoms with E-state index in [0.717, 1.165) is 0 Å². The molecule has 0 aliphatic heterocycles. The zero-order chi connectivity index (χ0) is 12.7. The zero-order valence-corrected chi connectivity index (χ0v) is 11.3. The molecule has 0 amide bonds. The molecule has 0 fully saturated rings. The van der Waals surface area contributed by atoms with Crippen LogP contribution in [0.1, 0.15) is 6.42 Å². The number of terminal acetylenes is 1. The van der Waals surface area contributed by atoms with Gasteiger partial charge in [0, 0.05) is 27.8 Å². The van der Waals surface area contributed by atoms with Crippen LogP contribution >= 0.6 is 15.2 Å². The molecular weight excluding hydrogens is 254 g/mol. The standard InChI is InChI=1S/C8H16O6P2/c1-5-6-7-14-16(10,13-4)8-15(9,11-2)12-3/h1H,6-8H2,2-4H3. The molecule has 0 radical (unpaired) electrons. The van der Waals surface area contributed by atoms with E-state index in [9.17, 15) is 9.13 Å². The molecule has 0 rings (SSSR count). The van der Waals surface area contributed by atoms with Crippen molar-refractivity contribution in [1.82, 2.24) is 0 Å². The van der Waals surface area contributed by atoms with Crippen LogP contribution in [0.5, 0.6) is 0 Å². The average Bonchev–Trinajstić information content (AvgIpc) is 2.29. The molecule has 0 saturated carbocycles. The van der Waals surface area contributed by atoms with Gasteiger partial charge in [-0.05, 0) is 0 Å². The molecule has 94 valence electrons. The Balaban J connectivity index is 4.54. The van der Waals surface area contributed by atoms with Crippen LogP contribution in [0.2, 0.25) is 0 Å². The molecule has 16 heavy (non-hydrogen) atoms. The fraction of sp³-hybridized carbons (Fsp3) is 0.750. The summed E-state index contributed by atoms with van der Waals surface area (Å²) in [6.07, 6.45) is 5.30. The first-order valence-corrected chi connectivity index (χ1v) is 7.84. The van der Waals surface area contributed by atoms with Gasteiger partial charge in [0.15, 0.2) is 5.90 Å². The highest BCUT2D eigenvalue weighted by Crippen LogP contribution is 2.62. The van der Waals surface area contributed by atoms with Gasteiger partial charge in [0.25, 0.3) is 0 Å². The van der Waals surface area contributed by atoms with Crippen molar-refractivity contribution in [3.05, 3.63) is 0 Å². The summed E-state index contributed by atoms with van der Waals surface area (Å²) in [6.45, 7) is 0.0645. The molecule has 8 heteroatoms. The highest BCUT2D eigenvalue weighted by atomic mass is 31.2. The highest BCUT2D eigenvalue weighted by Gasteiger charge is 2.36. The maximum Gasteiger partial charge on any atom is 0.342 e. The van der Waals surface area contributed by atoms with E-state index in [0.29, 0.717) is 0 Å². The van der Waals surface area contributed by atoms with E-state index in [1.165, 1.54) is 21.3 Å². The van der Waals surface area contributed by atoms with Gasteiger partial charge in [0.1, 0.15) is 0 Å². The van der Waals surface area contributed by atoms with Crippen LogP contribution in [-0.2, 0) is 27.2 Å². The van der Waals surface area contributed by atoms with E-state index in [4.69, 9.17) is 15.5 Å². The van der Waals surface area contributed by atoms with Gasteiger partial charge in [-0.2, -0.15) is 0 Å². The first-order chi connectivity index (χ1) is 7.45. The number of hydrogen-bond acceptors (Lipinski definition) is 6. The molecule has 6 nitrogen and oxygen atoms in total. The Labute approximate surface area is 95.7 Å². The van der Waals surface area contributed by atoms with Crippen LogP contribution in [0.25, 0.3) is 0 Å². The van der Waals surface area contributed by atoms with Crippen LogP contribution in [0.3, 0.4) is 0 Å². The van der Waals surface area contributed by atoms with Crippen molar-refractivity contribution in [2.24, 2.45) is 0 Å². The number of hydrogen-bond donors (Lipinski definition) is 0. The third-order valence-corrected chi connectivity index (χ3v) is 6.73. The van der Waals surface area contributed by atoms with E-state index >= 15 is 0 Å². The Hall–Kier alpha value is -0.140. The van der Waals surface area contributed by atoms with Gasteiger partial charge < -0.3 is 18.1 Å². The fourth-order valence-corrected chi connectivity index (χ4v) is 4.83. The van der Waals surface area contributed by atoms with Crippen molar-refractivity contribution in [2.75, 3.05) is 33.8 Å². The normalized spacial score (nSPS) is 15.4. The van der Waals surface area contributed by atoms with E-state index in [1.54, 1.807) is 0 Å². The molecule has 0 aromatic heterocycles. The van der Waals surface area contributed by atoms with E-state index < -0.39 is 21.1 Å². The maximum atomic E-state index is 11.9. The van der Waals surface area contributed by atoms with Crippen molar-refractivity contribution in [3.8, 4) is 12.3 Å². The Morgan fingerprint density at radius 2 is 1.56 bits per heavy atom. The van der Waals surface area contributed by atoms with Gasteiger partial charge in [-0.1, -0.05) is 0 Å². The van der Waals surface area contributed by atoms with Gasteiger partial charge in [-0.3, -0.25) is 9.13 Å². The number of rotatable bonds is 8. The molecule has 0 aromatic rings. The summed E-state index contributed by atoms with van der Waals surface area (Å²) in [5, 5.41) is 0. The first-order valence-electron chi connectivity index (χ1n) is 4.38. The Kier molecular flexibility index (Phi) is 7.17. The molecule has 0 N–H and O–H groups in total. The van der Waals surface area contributed by atoms with Crippen molar-refractivity contribution < 1.29 is 27.2 Å². The van der Waals surface area contributed by atoms with Crippen LogP contribution in [-0.4, -0.2) is 33.8 Å². The van der Waals surface area contributed by atoms with E-state index in [1.807, 2.05) is 0 Å². The van der Waals surface area contributed by atoms with Gasteiger partial charge in [0.05, 0.1) is 6.61 Å². The molecule has 0 saturated heterocycles. The molecule has 0 bridgehead atoms. The SMILES string of the molecule is C#CCCOP(=O)(CP(=O)(OC)OC)OC. The molecule has 0 heterocycles. The second kappa shape index (κ2) is 7.24. The topological polar surface area (TPSA) is 71.1 Å². The quantitative estimate of drug-likeness (QED) is 0.383. The lowest BCUT2D eigenvalue weighted by Gasteiger charge is -2.20. The van der Waals surface area contributed by atoms with Gasteiger partial charge in [-0.15, -0.1) is 12.3 Å². The van der Waals surface area contributed by atoms with Gasteiger partial charge in [0.2, 0.25) is 0 Å². The minimum Gasteiger partial charge on any atom is -0.311 e. The Morgan fingerprint density at radius 1 is 1.06 bits per heavy atom. The summed E-state index contributed by atoms with van der Waals surface area (Å²) in [6, 6.07) is 0. The summed E-state index contributed by atoms with van der Waals surface area (Å²) in [5.41, 5.74) is 0. The van der Waals surface area contributed by atoms with Gasteiger partial charge in [-0.25, -0.2) is 0 Å². The third-order valence-electron chi connectivity index (χ3n) is 1.72. The summed E-state index contributed by atoms with van der Waals surface area (Å²) in [5.74, 6) is 1.89. The molecule has 0 aromatic carbocycles. The Bertz CT molecular complexity index is 326. The molecular formula is C8H16O6P2. The smallest absolute Gasteiger partial charge is 0.311 e. The monoisotopic (exact) mass is 270 g/mol. The summed E-state index contributed by atoms with van der Waals surface area (Å²) in [4.78, 5) is 0. The van der Waals surface area contributed by atoms with Crippen LogP contribution < -0.4 is 0 Å². The minimum absolute atomic E-state index is 0.0645. The largest absolute Gasteiger partial charge is 0.342 e. The summed E-state index contributed by atoms with van der Waals surface area (Å²) in [7, 11) is -3.32. The molecule has 1 unspecified atom stereocenters. The van der Waals surface area contributed by atoms with Crippen LogP contribution in [0, 0.1) is 12.3 Å². The second-order valence-electron chi connectivity index (χ2n) is 2.70. The van der Waals surface area contributed by atoms with Gasteiger partial charge >= 0.3 is 15.2 Å². The molecule has 1 atom stereocenters. The van der Waals surface area contributed by atoms with Crippen molar-refractivity contribution in [1.29, 1.82) is 0 Å². The van der Waals surface area contributed by atoms with Crippen molar-refractivity contribution in [3.63, 3.8) is 0 Å². The third kappa shape index (κ3) is 5.27. The van der Waals surface area contributed by atoms with E-state index in [2.05, 4.69) is 15.0 Å². The lowest BCUT2D eigenvalue weighted by Crippen LogP contribution is -2.02. The second-order valence-corrected chi connectivity index (χ2v) is 7.63. The van der Waals surface area contributed by atoms with Crippen LogP contribution in [0.15, 0.2) is 0 Å². The predicted molar refractivity (Wildman–Crippen MR) is 60.5 cm³/mol. The summed E-state index contributed by atoms with van der Waals surface area (Å²) < 4.78 is 42.7. The molecule has 0 aliphatic rings. The van der Waals surface area contributed by atoms with E-state index in [-0.39, 0.29) is 13.0 Å². The molecule has 0 aliphatic carbocycles. The first kappa shape index (κ1) is 15.9.